The molecule has 1 unspecified atom stereocenters. The lowest BCUT2D eigenvalue weighted by Crippen LogP contribution is -2.46. The summed E-state index contributed by atoms with van der Waals surface area (Å²) in [6.07, 6.45) is 0.325. The summed E-state index contributed by atoms with van der Waals surface area (Å²) in [4.78, 5) is 0. The molecule has 0 aromatic carbocycles. The van der Waals surface area contributed by atoms with Crippen LogP contribution in [0.15, 0.2) is 0 Å². The lowest BCUT2D eigenvalue weighted by atomic mass is 9.73. The van der Waals surface area contributed by atoms with Crippen LogP contribution in [0.3, 0.4) is 0 Å². The smallest absolute Gasteiger partial charge is 0.0824 e. The summed E-state index contributed by atoms with van der Waals surface area (Å²) in [6.45, 7) is 13.7. The highest BCUT2D eigenvalue weighted by atomic mass is 16.5. The molecular weight excluding hydrogens is 204 g/mol. The average Bonchev–Trinajstić information content (AvgIpc) is 1.96. The van der Waals surface area contributed by atoms with Gasteiger partial charge in [0.1, 0.15) is 0 Å². The zero-order valence-corrected chi connectivity index (χ0v) is 11.8. The molecule has 0 aromatic rings. The second-order valence-corrected chi connectivity index (χ2v) is 6.55. The van der Waals surface area contributed by atoms with Crippen molar-refractivity contribution < 1.29 is 14.9 Å². The van der Waals surface area contributed by atoms with Crippen molar-refractivity contribution in [3.8, 4) is 0 Å². The van der Waals surface area contributed by atoms with Gasteiger partial charge in [0.15, 0.2) is 0 Å². The first-order chi connectivity index (χ1) is 6.87. The molecule has 0 aliphatic carbocycles. The maximum absolute atomic E-state index is 9.65. The van der Waals surface area contributed by atoms with Gasteiger partial charge in [0.25, 0.3) is 0 Å². The third-order valence-corrected chi connectivity index (χ3v) is 3.22. The molecule has 0 radical (unpaired) electrons. The molecule has 0 heterocycles. The van der Waals surface area contributed by atoms with Crippen LogP contribution in [0, 0.1) is 5.41 Å². The molecule has 3 heteroatoms. The summed E-state index contributed by atoms with van der Waals surface area (Å²) >= 11 is 0. The van der Waals surface area contributed by atoms with Crippen LogP contribution in [-0.4, -0.2) is 34.1 Å². The SMILES string of the molecule is CC(O)CC(C)(C)C(C)(C)OCC(C)(C)O. The van der Waals surface area contributed by atoms with Gasteiger partial charge in [0.05, 0.1) is 23.9 Å². The van der Waals surface area contributed by atoms with Crippen LogP contribution in [-0.2, 0) is 4.74 Å². The van der Waals surface area contributed by atoms with Crippen LogP contribution in [0.1, 0.15) is 54.9 Å². The third-order valence-electron chi connectivity index (χ3n) is 3.22. The van der Waals surface area contributed by atoms with Gasteiger partial charge in [-0.15, -0.1) is 0 Å². The van der Waals surface area contributed by atoms with Gasteiger partial charge in [-0.2, -0.15) is 0 Å². The van der Waals surface area contributed by atoms with E-state index in [0.717, 1.165) is 0 Å². The zero-order valence-electron chi connectivity index (χ0n) is 11.8. The fraction of sp³-hybridized carbons (Fsp3) is 1.00. The van der Waals surface area contributed by atoms with Crippen molar-refractivity contribution in [1.29, 1.82) is 0 Å². The molecule has 16 heavy (non-hydrogen) atoms. The average molecular weight is 232 g/mol. The Morgan fingerprint density at radius 3 is 1.81 bits per heavy atom. The van der Waals surface area contributed by atoms with Crippen LogP contribution in [0.2, 0.25) is 0 Å². The van der Waals surface area contributed by atoms with E-state index >= 15 is 0 Å². The van der Waals surface area contributed by atoms with Crippen LogP contribution < -0.4 is 0 Å². The normalized spacial score (nSPS) is 16.3. The number of aliphatic hydroxyl groups excluding tert-OH is 1. The van der Waals surface area contributed by atoms with E-state index in [1.807, 2.05) is 13.8 Å². The zero-order chi connectivity index (χ0) is 13.2. The molecule has 0 fully saturated rings. The summed E-state index contributed by atoms with van der Waals surface area (Å²) in [5.74, 6) is 0. The molecule has 3 nitrogen and oxygen atoms in total. The van der Waals surface area contributed by atoms with Gasteiger partial charge in [-0.1, -0.05) is 13.8 Å². The minimum absolute atomic E-state index is 0.146. The Kier molecular flexibility index (Phi) is 4.99. The maximum atomic E-state index is 9.65. The molecule has 0 saturated heterocycles. The molecule has 1 atom stereocenters. The van der Waals surface area contributed by atoms with Crippen LogP contribution in [0.25, 0.3) is 0 Å². The Bertz CT molecular complexity index is 212. The van der Waals surface area contributed by atoms with Crippen LogP contribution in [0.4, 0.5) is 0 Å². The number of rotatable bonds is 6. The van der Waals surface area contributed by atoms with Gasteiger partial charge in [-0.25, -0.2) is 0 Å². The molecular formula is C13H28O3. The van der Waals surface area contributed by atoms with Crippen molar-refractivity contribution in [2.24, 2.45) is 5.41 Å². The number of aliphatic hydroxyl groups is 2. The number of hydrogen-bond acceptors (Lipinski definition) is 3. The molecule has 0 rings (SSSR count). The minimum Gasteiger partial charge on any atom is -0.393 e. The van der Waals surface area contributed by atoms with E-state index in [1.54, 1.807) is 20.8 Å². The van der Waals surface area contributed by atoms with Crippen LogP contribution >= 0.6 is 0 Å². The first kappa shape index (κ1) is 15.9. The van der Waals surface area contributed by atoms with Gasteiger partial charge < -0.3 is 14.9 Å². The Hall–Kier alpha value is -0.120. The van der Waals surface area contributed by atoms with Crippen molar-refractivity contribution >= 4 is 0 Å². The second kappa shape index (κ2) is 5.03. The predicted molar refractivity (Wildman–Crippen MR) is 66.4 cm³/mol. The monoisotopic (exact) mass is 232 g/mol. The van der Waals surface area contributed by atoms with Crippen molar-refractivity contribution in [3.63, 3.8) is 0 Å². The van der Waals surface area contributed by atoms with E-state index in [4.69, 9.17) is 4.74 Å². The summed E-state index contributed by atoms with van der Waals surface area (Å²) in [7, 11) is 0. The molecule has 0 bridgehead atoms. The van der Waals surface area contributed by atoms with E-state index < -0.39 is 5.60 Å². The Morgan fingerprint density at radius 2 is 1.50 bits per heavy atom. The summed E-state index contributed by atoms with van der Waals surface area (Å²) in [5, 5.41) is 19.1. The highest BCUT2D eigenvalue weighted by molar-refractivity contribution is 4.89. The lowest BCUT2D eigenvalue weighted by molar-refractivity contribution is -0.147. The minimum atomic E-state index is -0.821. The van der Waals surface area contributed by atoms with E-state index in [9.17, 15) is 10.2 Å². The molecule has 0 saturated carbocycles. The molecule has 0 aliphatic rings. The topological polar surface area (TPSA) is 49.7 Å². The summed E-state index contributed by atoms with van der Waals surface area (Å²) in [5.41, 5.74) is -1.35. The Labute approximate surface area is 99.8 Å². The lowest BCUT2D eigenvalue weighted by Gasteiger charge is -2.43. The van der Waals surface area contributed by atoms with Gasteiger partial charge >= 0.3 is 0 Å². The Morgan fingerprint density at radius 1 is 1.06 bits per heavy atom. The van der Waals surface area contributed by atoms with Crippen molar-refractivity contribution in [3.05, 3.63) is 0 Å². The fourth-order valence-electron chi connectivity index (χ4n) is 1.54. The summed E-state index contributed by atoms with van der Waals surface area (Å²) < 4.78 is 5.80. The van der Waals surface area contributed by atoms with Gasteiger partial charge in [0, 0.05) is 0 Å². The van der Waals surface area contributed by atoms with E-state index in [1.165, 1.54) is 0 Å². The van der Waals surface area contributed by atoms with Crippen LogP contribution in [0.5, 0.6) is 0 Å². The molecule has 0 aliphatic heterocycles. The fourth-order valence-corrected chi connectivity index (χ4v) is 1.54. The molecule has 0 aromatic heterocycles. The highest BCUT2D eigenvalue weighted by Crippen LogP contribution is 2.38. The number of ether oxygens (including phenoxy) is 1. The van der Waals surface area contributed by atoms with Gasteiger partial charge in [-0.05, 0) is 46.5 Å². The first-order valence-corrected chi connectivity index (χ1v) is 5.92. The first-order valence-electron chi connectivity index (χ1n) is 5.92. The second-order valence-electron chi connectivity index (χ2n) is 6.55. The highest BCUT2D eigenvalue weighted by Gasteiger charge is 2.39. The predicted octanol–water partition coefficient (Wildman–Crippen LogP) is 2.35. The van der Waals surface area contributed by atoms with Crippen molar-refractivity contribution in [1.82, 2.24) is 0 Å². The standard InChI is InChI=1S/C13H28O3/c1-10(14)8-11(2,3)13(6,7)16-9-12(4,5)15/h10,14-15H,8-9H2,1-7H3. The third kappa shape index (κ3) is 5.28. The maximum Gasteiger partial charge on any atom is 0.0824 e. The number of hydrogen-bond donors (Lipinski definition) is 2. The molecule has 0 spiro atoms. The van der Waals surface area contributed by atoms with Gasteiger partial charge in [0.2, 0.25) is 0 Å². The van der Waals surface area contributed by atoms with Crippen molar-refractivity contribution in [2.75, 3.05) is 6.61 Å². The van der Waals surface area contributed by atoms with E-state index in [-0.39, 0.29) is 17.1 Å². The van der Waals surface area contributed by atoms with Gasteiger partial charge in [-0.3, -0.25) is 0 Å². The molecule has 0 amide bonds. The Balaban J connectivity index is 4.51. The van der Waals surface area contributed by atoms with Crippen molar-refractivity contribution in [2.45, 2.75) is 72.2 Å². The quantitative estimate of drug-likeness (QED) is 0.739. The molecule has 98 valence electrons. The van der Waals surface area contributed by atoms with E-state index in [2.05, 4.69) is 13.8 Å². The molecule has 2 N–H and O–H groups in total. The largest absolute Gasteiger partial charge is 0.393 e. The summed E-state index contributed by atoms with van der Waals surface area (Å²) in [6, 6.07) is 0. The van der Waals surface area contributed by atoms with E-state index in [0.29, 0.717) is 13.0 Å².